The van der Waals surface area contributed by atoms with Crippen molar-refractivity contribution < 1.29 is 13.2 Å². The van der Waals surface area contributed by atoms with Crippen LogP contribution in [0.4, 0.5) is 13.2 Å². The van der Waals surface area contributed by atoms with Gasteiger partial charge in [0.25, 0.3) is 0 Å². The Labute approximate surface area is 113 Å². The van der Waals surface area contributed by atoms with E-state index in [1.165, 1.54) is 0 Å². The van der Waals surface area contributed by atoms with E-state index in [2.05, 4.69) is 20.8 Å². The van der Waals surface area contributed by atoms with E-state index in [-0.39, 0.29) is 5.41 Å². The largest absolute Gasteiger partial charge is 0.204 e. The quantitative estimate of drug-likeness (QED) is 0.600. The van der Waals surface area contributed by atoms with Crippen LogP contribution in [-0.4, -0.2) is 0 Å². The van der Waals surface area contributed by atoms with Gasteiger partial charge in [0.15, 0.2) is 17.5 Å². The molecule has 1 aromatic rings. The van der Waals surface area contributed by atoms with Crippen LogP contribution in [0.25, 0.3) is 5.57 Å². The number of hydrogen-bond acceptors (Lipinski definition) is 0. The van der Waals surface area contributed by atoms with E-state index >= 15 is 0 Å². The average Bonchev–Trinajstić information content (AvgIpc) is 2.34. The van der Waals surface area contributed by atoms with E-state index in [4.69, 9.17) is 0 Å². The standard InChI is InChI=1S/C16H21F3/c1-5-7-11(10-16(3,4)6-2)12-8-13(17)15(19)14(18)9-12/h8-10H,5-7H2,1-4H3/b11-10+. The predicted molar refractivity (Wildman–Crippen MR) is 73.3 cm³/mol. The van der Waals surface area contributed by atoms with Crippen molar-refractivity contribution in [3.05, 3.63) is 41.2 Å². The second-order valence-electron chi connectivity index (χ2n) is 5.52. The van der Waals surface area contributed by atoms with Crippen LogP contribution < -0.4 is 0 Å². The first-order valence-electron chi connectivity index (χ1n) is 6.67. The third-order valence-electron chi connectivity index (χ3n) is 3.35. The molecule has 19 heavy (non-hydrogen) atoms. The normalized spacial score (nSPS) is 12.9. The molecule has 0 nitrogen and oxygen atoms in total. The van der Waals surface area contributed by atoms with E-state index in [1.807, 2.05) is 13.0 Å². The molecule has 1 rings (SSSR count). The highest BCUT2D eigenvalue weighted by atomic mass is 19.2. The first-order valence-corrected chi connectivity index (χ1v) is 6.67. The van der Waals surface area contributed by atoms with Gasteiger partial charge in [-0.1, -0.05) is 40.2 Å². The Bertz CT molecular complexity index is 450. The van der Waals surface area contributed by atoms with Crippen LogP contribution in [0.1, 0.15) is 52.5 Å². The Morgan fingerprint density at radius 2 is 1.63 bits per heavy atom. The van der Waals surface area contributed by atoms with Crippen LogP contribution in [0.2, 0.25) is 0 Å². The Hall–Kier alpha value is -1.25. The summed E-state index contributed by atoms with van der Waals surface area (Å²) in [4.78, 5) is 0. The molecule has 0 unspecified atom stereocenters. The van der Waals surface area contributed by atoms with Crippen LogP contribution in [-0.2, 0) is 0 Å². The molecule has 0 atom stereocenters. The van der Waals surface area contributed by atoms with Crippen LogP contribution in [0.5, 0.6) is 0 Å². The van der Waals surface area contributed by atoms with Crippen molar-refractivity contribution in [3.63, 3.8) is 0 Å². The van der Waals surface area contributed by atoms with Gasteiger partial charge in [0, 0.05) is 0 Å². The highest BCUT2D eigenvalue weighted by Crippen LogP contribution is 2.31. The van der Waals surface area contributed by atoms with Crippen LogP contribution in [0, 0.1) is 22.9 Å². The van der Waals surface area contributed by atoms with Crippen LogP contribution in [0.3, 0.4) is 0 Å². The minimum Gasteiger partial charge on any atom is -0.204 e. The topological polar surface area (TPSA) is 0 Å². The van der Waals surface area contributed by atoms with E-state index in [9.17, 15) is 13.2 Å². The van der Waals surface area contributed by atoms with Crippen molar-refractivity contribution in [1.29, 1.82) is 0 Å². The molecule has 0 saturated heterocycles. The highest BCUT2D eigenvalue weighted by molar-refractivity contribution is 5.66. The summed E-state index contributed by atoms with van der Waals surface area (Å²) < 4.78 is 39.6. The summed E-state index contributed by atoms with van der Waals surface area (Å²) in [5, 5.41) is 0. The van der Waals surface area contributed by atoms with E-state index in [0.29, 0.717) is 12.0 Å². The minimum atomic E-state index is -1.41. The van der Waals surface area contributed by atoms with Crippen LogP contribution >= 0.6 is 0 Å². The molecule has 3 heteroatoms. The number of halogens is 3. The molecule has 0 aliphatic heterocycles. The molecule has 0 amide bonds. The van der Waals surface area contributed by atoms with Crippen molar-refractivity contribution in [2.75, 3.05) is 0 Å². The fourth-order valence-electron chi connectivity index (χ4n) is 1.88. The second kappa shape index (κ2) is 6.27. The van der Waals surface area contributed by atoms with Gasteiger partial charge in [0.1, 0.15) is 0 Å². The van der Waals surface area contributed by atoms with Gasteiger partial charge >= 0.3 is 0 Å². The fourth-order valence-corrected chi connectivity index (χ4v) is 1.88. The maximum Gasteiger partial charge on any atom is 0.194 e. The Kier molecular flexibility index (Phi) is 5.21. The summed E-state index contributed by atoms with van der Waals surface area (Å²) in [6, 6.07) is 2.15. The molecule has 0 radical (unpaired) electrons. The zero-order valence-electron chi connectivity index (χ0n) is 12.0. The lowest BCUT2D eigenvalue weighted by atomic mass is 9.85. The van der Waals surface area contributed by atoms with E-state index in [0.717, 1.165) is 30.5 Å². The maximum absolute atomic E-state index is 13.3. The first kappa shape index (κ1) is 15.8. The lowest BCUT2D eigenvalue weighted by Gasteiger charge is -2.20. The van der Waals surface area contributed by atoms with Crippen molar-refractivity contribution in [2.24, 2.45) is 5.41 Å². The molecular formula is C16H21F3. The van der Waals surface area contributed by atoms with Crippen molar-refractivity contribution in [2.45, 2.75) is 47.0 Å². The van der Waals surface area contributed by atoms with Gasteiger partial charge in [-0.15, -0.1) is 0 Å². The molecule has 0 aliphatic carbocycles. The summed E-state index contributed by atoms with van der Waals surface area (Å²) in [6.07, 6.45) is 4.54. The molecule has 0 N–H and O–H groups in total. The minimum absolute atomic E-state index is 0.0498. The molecule has 0 saturated carbocycles. The number of hydrogen-bond donors (Lipinski definition) is 0. The zero-order chi connectivity index (χ0) is 14.6. The molecule has 1 aromatic carbocycles. The SMILES string of the molecule is CCC/C(=C\C(C)(C)CC)c1cc(F)c(F)c(F)c1. The summed E-state index contributed by atoms with van der Waals surface area (Å²) in [5.74, 6) is -3.67. The molecule has 0 aromatic heterocycles. The molecule has 0 spiro atoms. The van der Waals surface area contributed by atoms with Gasteiger partial charge < -0.3 is 0 Å². The van der Waals surface area contributed by atoms with Crippen molar-refractivity contribution in [1.82, 2.24) is 0 Å². The third-order valence-corrected chi connectivity index (χ3v) is 3.35. The van der Waals surface area contributed by atoms with E-state index in [1.54, 1.807) is 0 Å². The smallest absolute Gasteiger partial charge is 0.194 e. The van der Waals surface area contributed by atoms with Gasteiger partial charge in [-0.3, -0.25) is 0 Å². The lowest BCUT2D eigenvalue weighted by Crippen LogP contribution is -2.06. The Balaban J connectivity index is 3.27. The van der Waals surface area contributed by atoms with Gasteiger partial charge in [-0.05, 0) is 41.5 Å². The highest BCUT2D eigenvalue weighted by Gasteiger charge is 2.16. The number of benzene rings is 1. The summed E-state index contributed by atoms with van der Waals surface area (Å²) in [5.41, 5.74) is 1.25. The zero-order valence-corrected chi connectivity index (χ0v) is 12.0. The summed E-state index contributed by atoms with van der Waals surface area (Å²) >= 11 is 0. The average molecular weight is 270 g/mol. The van der Waals surface area contributed by atoms with Gasteiger partial charge in [0.2, 0.25) is 0 Å². The fraction of sp³-hybridized carbons (Fsp3) is 0.500. The monoisotopic (exact) mass is 270 g/mol. The van der Waals surface area contributed by atoms with Gasteiger partial charge in [-0.25, -0.2) is 13.2 Å². The second-order valence-corrected chi connectivity index (χ2v) is 5.52. The third kappa shape index (κ3) is 4.12. The first-order chi connectivity index (χ1) is 8.80. The molecule has 0 bridgehead atoms. The van der Waals surface area contributed by atoms with Gasteiger partial charge in [0.05, 0.1) is 0 Å². The van der Waals surface area contributed by atoms with Crippen LogP contribution in [0.15, 0.2) is 18.2 Å². The summed E-state index contributed by atoms with van der Waals surface area (Å²) in [6.45, 7) is 8.20. The van der Waals surface area contributed by atoms with Crippen molar-refractivity contribution >= 4 is 5.57 Å². The Morgan fingerprint density at radius 3 is 2.05 bits per heavy atom. The van der Waals surface area contributed by atoms with Gasteiger partial charge in [-0.2, -0.15) is 0 Å². The lowest BCUT2D eigenvalue weighted by molar-refractivity contribution is 0.446. The maximum atomic E-state index is 13.3. The number of rotatable bonds is 5. The molecule has 106 valence electrons. The molecule has 0 aliphatic rings. The predicted octanol–water partition coefficient (Wildman–Crippen LogP) is 5.72. The molecular weight excluding hydrogens is 249 g/mol. The Morgan fingerprint density at radius 1 is 1.11 bits per heavy atom. The summed E-state index contributed by atoms with van der Waals surface area (Å²) in [7, 11) is 0. The molecule has 0 fully saturated rings. The molecule has 0 heterocycles. The van der Waals surface area contributed by atoms with E-state index < -0.39 is 17.5 Å². The van der Waals surface area contributed by atoms with Crippen molar-refractivity contribution in [3.8, 4) is 0 Å². The number of allylic oxidation sites excluding steroid dienone is 2.